The average Bonchev–Trinajstić information content (AvgIpc) is 1.82. The first-order valence-corrected chi connectivity index (χ1v) is 4.92. The van der Waals surface area contributed by atoms with Crippen LogP contribution in [0.3, 0.4) is 0 Å². The fourth-order valence-corrected chi connectivity index (χ4v) is 2.14. The molecule has 1 aliphatic rings. The molecule has 0 aromatic carbocycles. The van der Waals surface area contributed by atoms with E-state index in [0.29, 0.717) is 5.92 Å². The summed E-state index contributed by atoms with van der Waals surface area (Å²) in [5.41, 5.74) is 0.862. The molecule has 0 saturated heterocycles. The van der Waals surface area contributed by atoms with Crippen molar-refractivity contribution in [2.75, 3.05) is 0 Å². The van der Waals surface area contributed by atoms with Gasteiger partial charge in [0.05, 0.1) is 5.60 Å². The molecular formula is C11H20O. The second-order valence-corrected chi connectivity index (χ2v) is 4.55. The molecule has 0 fully saturated rings. The summed E-state index contributed by atoms with van der Waals surface area (Å²) in [5.74, 6) is 0.581. The fourth-order valence-electron chi connectivity index (χ4n) is 2.14. The van der Waals surface area contributed by atoms with Crippen molar-refractivity contribution in [3.8, 4) is 0 Å². The highest BCUT2D eigenvalue weighted by Crippen LogP contribution is 2.31. The number of aliphatic hydroxyl groups is 1. The zero-order valence-electron chi connectivity index (χ0n) is 8.43. The van der Waals surface area contributed by atoms with Gasteiger partial charge in [0.15, 0.2) is 0 Å². The van der Waals surface area contributed by atoms with Gasteiger partial charge in [0, 0.05) is 0 Å². The summed E-state index contributed by atoms with van der Waals surface area (Å²) >= 11 is 0. The second-order valence-electron chi connectivity index (χ2n) is 4.55. The molecule has 1 aliphatic carbocycles. The van der Waals surface area contributed by atoms with E-state index in [-0.39, 0.29) is 0 Å². The SMILES string of the molecule is CC1=CC(O)(CC(C)C)CCC1. The molecule has 1 unspecified atom stereocenters. The Hall–Kier alpha value is -0.300. The predicted octanol–water partition coefficient (Wildman–Crippen LogP) is 2.89. The van der Waals surface area contributed by atoms with Crippen molar-refractivity contribution in [2.24, 2.45) is 5.92 Å². The quantitative estimate of drug-likeness (QED) is 0.629. The van der Waals surface area contributed by atoms with E-state index in [1.54, 1.807) is 0 Å². The molecule has 0 amide bonds. The molecule has 0 aromatic heterocycles. The fraction of sp³-hybridized carbons (Fsp3) is 0.818. The minimum Gasteiger partial charge on any atom is -0.386 e. The van der Waals surface area contributed by atoms with E-state index in [2.05, 4.69) is 26.8 Å². The molecule has 1 heteroatoms. The summed E-state index contributed by atoms with van der Waals surface area (Å²) in [6.45, 7) is 6.44. The Bertz CT molecular complexity index is 181. The van der Waals surface area contributed by atoms with Gasteiger partial charge in [-0.3, -0.25) is 0 Å². The van der Waals surface area contributed by atoms with Crippen LogP contribution in [0.1, 0.15) is 46.5 Å². The Balaban J connectivity index is 2.63. The maximum absolute atomic E-state index is 10.1. The van der Waals surface area contributed by atoms with Gasteiger partial charge in [-0.1, -0.05) is 25.5 Å². The van der Waals surface area contributed by atoms with Crippen LogP contribution in [-0.4, -0.2) is 10.7 Å². The van der Waals surface area contributed by atoms with Crippen LogP contribution in [0.5, 0.6) is 0 Å². The maximum atomic E-state index is 10.1. The van der Waals surface area contributed by atoms with Crippen LogP contribution in [0, 0.1) is 5.92 Å². The molecule has 70 valence electrons. The average molecular weight is 168 g/mol. The van der Waals surface area contributed by atoms with Crippen LogP contribution >= 0.6 is 0 Å². The molecule has 1 rings (SSSR count). The summed E-state index contributed by atoms with van der Waals surface area (Å²) in [4.78, 5) is 0. The van der Waals surface area contributed by atoms with E-state index in [1.807, 2.05) is 0 Å². The summed E-state index contributed by atoms with van der Waals surface area (Å²) in [6, 6.07) is 0. The Morgan fingerprint density at radius 1 is 1.58 bits per heavy atom. The first-order chi connectivity index (χ1) is 5.52. The predicted molar refractivity (Wildman–Crippen MR) is 52.0 cm³/mol. The monoisotopic (exact) mass is 168 g/mol. The van der Waals surface area contributed by atoms with Crippen LogP contribution in [-0.2, 0) is 0 Å². The molecular weight excluding hydrogens is 148 g/mol. The van der Waals surface area contributed by atoms with Crippen molar-refractivity contribution in [1.29, 1.82) is 0 Å². The summed E-state index contributed by atoms with van der Waals surface area (Å²) in [7, 11) is 0. The molecule has 0 heterocycles. The lowest BCUT2D eigenvalue weighted by atomic mass is 9.82. The lowest BCUT2D eigenvalue weighted by molar-refractivity contribution is 0.0516. The van der Waals surface area contributed by atoms with Gasteiger partial charge in [-0.2, -0.15) is 0 Å². The normalized spacial score (nSPS) is 30.6. The number of rotatable bonds is 2. The van der Waals surface area contributed by atoms with Gasteiger partial charge in [0.1, 0.15) is 0 Å². The molecule has 1 atom stereocenters. The van der Waals surface area contributed by atoms with Gasteiger partial charge in [-0.15, -0.1) is 0 Å². The van der Waals surface area contributed by atoms with Crippen LogP contribution < -0.4 is 0 Å². The summed E-state index contributed by atoms with van der Waals surface area (Å²) in [6.07, 6.45) is 6.23. The molecule has 12 heavy (non-hydrogen) atoms. The zero-order chi connectivity index (χ0) is 9.19. The molecule has 1 N–H and O–H groups in total. The first kappa shape index (κ1) is 9.79. The standard InChI is InChI=1S/C11H20O/c1-9(2)7-11(12)6-4-5-10(3)8-11/h8-9,12H,4-7H2,1-3H3. The van der Waals surface area contributed by atoms with E-state index in [0.717, 1.165) is 19.3 Å². The van der Waals surface area contributed by atoms with Crippen molar-refractivity contribution in [3.05, 3.63) is 11.6 Å². The minimum absolute atomic E-state index is 0.490. The van der Waals surface area contributed by atoms with Crippen molar-refractivity contribution < 1.29 is 5.11 Å². The van der Waals surface area contributed by atoms with Crippen molar-refractivity contribution in [3.63, 3.8) is 0 Å². The van der Waals surface area contributed by atoms with Gasteiger partial charge in [0.2, 0.25) is 0 Å². The Morgan fingerprint density at radius 3 is 2.75 bits per heavy atom. The topological polar surface area (TPSA) is 20.2 Å². The number of allylic oxidation sites excluding steroid dienone is 1. The van der Waals surface area contributed by atoms with Gasteiger partial charge in [-0.05, 0) is 38.5 Å². The number of hydrogen-bond donors (Lipinski definition) is 1. The third-order valence-corrected chi connectivity index (χ3v) is 2.46. The van der Waals surface area contributed by atoms with Crippen molar-refractivity contribution in [1.82, 2.24) is 0 Å². The summed E-state index contributed by atoms with van der Waals surface area (Å²) < 4.78 is 0. The van der Waals surface area contributed by atoms with Gasteiger partial charge >= 0.3 is 0 Å². The Morgan fingerprint density at radius 2 is 2.25 bits per heavy atom. The van der Waals surface area contributed by atoms with Crippen LogP contribution in [0.2, 0.25) is 0 Å². The molecule has 0 saturated carbocycles. The van der Waals surface area contributed by atoms with Crippen LogP contribution in [0.25, 0.3) is 0 Å². The maximum Gasteiger partial charge on any atom is 0.0832 e. The highest BCUT2D eigenvalue weighted by molar-refractivity contribution is 5.12. The lowest BCUT2D eigenvalue weighted by Crippen LogP contribution is -2.30. The number of hydrogen-bond acceptors (Lipinski definition) is 1. The smallest absolute Gasteiger partial charge is 0.0832 e. The zero-order valence-corrected chi connectivity index (χ0v) is 8.43. The van der Waals surface area contributed by atoms with E-state index >= 15 is 0 Å². The van der Waals surface area contributed by atoms with E-state index in [4.69, 9.17) is 0 Å². The van der Waals surface area contributed by atoms with E-state index in [9.17, 15) is 5.11 Å². The third kappa shape index (κ3) is 2.63. The van der Waals surface area contributed by atoms with Gasteiger partial charge in [0.25, 0.3) is 0 Å². The van der Waals surface area contributed by atoms with Gasteiger partial charge < -0.3 is 5.11 Å². The van der Waals surface area contributed by atoms with Crippen molar-refractivity contribution in [2.45, 2.75) is 52.1 Å². The van der Waals surface area contributed by atoms with Crippen molar-refractivity contribution >= 4 is 0 Å². The van der Waals surface area contributed by atoms with E-state index in [1.165, 1.54) is 12.0 Å². The van der Waals surface area contributed by atoms with Crippen LogP contribution in [0.4, 0.5) is 0 Å². The highest BCUT2D eigenvalue weighted by Gasteiger charge is 2.27. The Labute approximate surface area is 75.5 Å². The van der Waals surface area contributed by atoms with Gasteiger partial charge in [-0.25, -0.2) is 0 Å². The Kier molecular flexibility index (Phi) is 2.94. The third-order valence-electron chi connectivity index (χ3n) is 2.46. The summed E-state index contributed by atoms with van der Waals surface area (Å²) in [5, 5.41) is 10.1. The molecule has 0 bridgehead atoms. The second kappa shape index (κ2) is 3.61. The highest BCUT2D eigenvalue weighted by atomic mass is 16.3. The molecule has 0 aromatic rings. The van der Waals surface area contributed by atoms with Crippen LogP contribution in [0.15, 0.2) is 11.6 Å². The molecule has 0 spiro atoms. The van der Waals surface area contributed by atoms with E-state index < -0.39 is 5.60 Å². The lowest BCUT2D eigenvalue weighted by Gasteiger charge is -2.30. The molecule has 0 aliphatic heterocycles. The molecule has 0 radical (unpaired) electrons. The minimum atomic E-state index is -0.490. The molecule has 1 nitrogen and oxygen atoms in total. The first-order valence-electron chi connectivity index (χ1n) is 4.92. The largest absolute Gasteiger partial charge is 0.386 e.